The fraction of sp³-hybridized carbons (Fsp3) is 0.421. The average Bonchev–Trinajstić information content (AvgIpc) is 3.73. The number of aromatic nitrogens is 3. The number of ether oxygens (including phenoxy) is 3. The van der Waals surface area contributed by atoms with E-state index < -0.39 is 43.2 Å². The van der Waals surface area contributed by atoms with Crippen LogP contribution in [0.1, 0.15) is 122 Å². The van der Waals surface area contributed by atoms with Crippen LogP contribution in [0.2, 0.25) is 5.04 Å². The predicted octanol–water partition coefficient (Wildman–Crippen LogP) is 11.6. The molecule has 0 aliphatic carbocycles. The van der Waals surface area contributed by atoms with Crippen molar-refractivity contribution in [2.24, 2.45) is 0 Å². The van der Waals surface area contributed by atoms with Crippen molar-refractivity contribution in [2.75, 3.05) is 24.6 Å². The van der Waals surface area contributed by atoms with Crippen LogP contribution in [0.4, 0.5) is 14.6 Å². The van der Waals surface area contributed by atoms with Crippen LogP contribution in [0.3, 0.4) is 0 Å². The van der Waals surface area contributed by atoms with E-state index in [-0.39, 0.29) is 35.5 Å². The second-order valence-electron chi connectivity index (χ2n) is 20.8. The van der Waals surface area contributed by atoms with Gasteiger partial charge < -0.3 is 28.6 Å². The molecule has 0 amide bonds. The zero-order chi connectivity index (χ0) is 50.3. The van der Waals surface area contributed by atoms with Gasteiger partial charge in [-0.2, -0.15) is 9.61 Å². The van der Waals surface area contributed by atoms with E-state index in [2.05, 4.69) is 100 Å². The lowest BCUT2D eigenvalue weighted by molar-refractivity contribution is -0.160. The quantitative estimate of drug-likeness (QED) is 0.0591. The van der Waals surface area contributed by atoms with Gasteiger partial charge in [-0.05, 0) is 119 Å². The molecule has 0 saturated carbocycles. The Kier molecular flexibility index (Phi) is 16.5. The van der Waals surface area contributed by atoms with Gasteiger partial charge in [0.2, 0.25) is 0 Å². The van der Waals surface area contributed by atoms with Crippen LogP contribution in [-0.2, 0) is 31.7 Å². The molecule has 0 bridgehead atoms. The van der Waals surface area contributed by atoms with Gasteiger partial charge in [-0.3, -0.25) is 0 Å². The Bertz CT molecular complexity index is 2670. The largest absolute Gasteiger partial charge is 0.489 e. The summed E-state index contributed by atoms with van der Waals surface area (Å²) in [6.07, 6.45) is 6.34. The maximum atomic E-state index is 15.3. The number of piperidine rings is 1. The van der Waals surface area contributed by atoms with Crippen LogP contribution in [0.25, 0.3) is 11.7 Å². The van der Waals surface area contributed by atoms with Gasteiger partial charge in [0.1, 0.15) is 18.2 Å². The Labute approximate surface area is 413 Å². The lowest BCUT2D eigenvalue weighted by atomic mass is 9.92. The summed E-state index contributed by atoms with van der Waals surface area (Å²) in [5, 5.41) is 18.0. The number of carboxylic acids is 1. The molecular formula is C57H70F2N4O6Si. The molecule has 1 aliphatic heterocycles. The minimum atomic E-state index is -2.66. The van der Waals surface area contributed by atoms with E-state index >= 15 is 4.39 Å². The van der Waals surface area contributed by atoms with Crippen molar-refractivity contribution < 1.29 is 37.3 Å². The number of anilines is 1. The van der Waals surface area contributed by atoms with Crippen LogP contribution in [-0.4, -0.2) is 71.0 Å². The van der Waals surface area contributed by atoms with Crippen LogP contribution in [0.15, 0.2) is 115 Å². The van der Waals surface area contributed by atoms with Crippen LogP contribution in [0, 0.1) is 18.6 Å². The van der Waals surface area contributed by atoms with Gasteiger partial charge in [0.05, 0.1) is 22.5 Å². The molecule has 13 heteroatoms. The van der Waals surface area contributed by atoms with Crippen molar-refractivity contribution in [3.8, 4) is 5.75 Å². The number of carboxylic acid groups (broad SMARTS) is 1. The normalized spacial score (nSPS) is 15.4. The summed E-state index contributed by atoms with van der Waals surface area (Å²) in [7, 11) is -2.66. The first-order chi connectivity index (χ1) is 33.3. The standard InChI is InChI=1S/C57H70F2N4O6Si/c1-40(69-70(56(6,7)8,44-26-15-11-16-27-44)45-28-17-12-18-29-45)22-19-20-37-67-57(9)33-35-62(36-34-57)53-50(52(54(64)65)68-55(3,4)5)41(2)60-49-38-43(61-63(49)53)25-21-30-46-48(32-31-47(58)51(46)59)66-39-42-23-13-10-14-24-42/h10-18,21,23-29,31-32,38,40,52H,19-20,22,30,33-37,39H2,1-9H3,(H,64,65)/b25-21+/t40-,52?/m1/s1. The van der Waals surface area contributed by atoms with Crippen molar-refractivity contribution >= 4 is 42.2 Å². The third kappa shape index (κ3) is 12.2. The number of rotatable bonds is 20. The van der Waals surface area contributed by atoms with Crippen molar-refractivity contribution in [3.05, 3.63) is 155 Å². The van der Waals surface area contributed by atoms with Gasteiger partial charge >= 0.3 is 5.97 Å². The predicted molar refractivity (Wildman–Crippen MR) is 277 cm³/mol. The fourth-order valence-electron chi connectivity index (χ4n) is 9.58. The van der Waals surface area contributed by atoms with E-state index in [4.69, 9.17) is 28.7 Å². The molecule has 0 radical (unpaired) electrons. The van der Waals surface area contributed by atoms with E-state index in [1.54, 1.807) is 29.7 Å². The fourth-order valence-corrected chi connectivity index (χ4v) is 14.3. The third-order valence-electron chi connectivity index (χ3n) is 13.2. The summed E-state index contributed by atoms with van der Waals surface area (Å²) in [5.74, 6) is -2.23. The van der Waals surface area contributed by atoms with Gasteiger partial charge in [-0.25, -0.2) is 18.6 Å². The van der Waals surface area contributed by atoms with E-state index in [0.29, 0.717) is 61.0 Å². The molecular weight excluding hydrogens is 903 g/mol. The number of hydrogen-bond acceptors (Lipinski definition) is 8. The number of benzene rings is 4. The Morgan fingerprint density at radius 1 is 0.886 bits per heavy atom. The van der Waals surface area contributed by atoms with E-state index in [1.807, 2.05) is 51.1 Å². The lowest BCUT2D eigenvalue weighted by Gasteiger charge is -2.44. The second-order valence-corrected chi connectivity index (χ2v) is 25.1. The molecule has 7 rings (SSSR count). The molecule has 1 saturated heterocycles. The maximum absolute atomic E-state index is 15.3. The summed E-state index contributed by atoms with van der Waals surface area (Å²) in [4.78, 5) is 20.0. The minimum Gasteiger partial charge on any atom is -0.489 e. The molecule has 0 spiro atoms. The molecule has 1 aliphatic rings. The minimum absolute atomic E-state index is 0.0339. The number of fused-ring (bicyclic) bond motifs is 1. The van der Waals surface area contributed by atoms with Crippen LogP contribution >= 0.6 is 0 Å². The van der Waals surface area contributed by atoms with Crippen LogP contribution < -0.4 is 20.0 Å². The number of halogens is 2. The number of allylic oxidation sites excluding steroid dienone is 1. The van der Waals surface area contributed by atoms with Gasteiger partial charge in [0.25, 0.3) is 8.32 Å². The monoisotopic (exact) mass is 973 g/mol. The summed E-state index contributed by atoms with van der Waals surface area (Å²) < 4.78 is 57.7. The zero-order valence-corrected chi connectivity index (χ0v) is 43.3. The van der Waals surface area contributed by atoms with E-state index in [9.17, 15) is 14.3 Å². The smallest absolute Gasteiger partial charge is 0.337 e. The Balaban J connectivity index is 1.05. The number of unbranched alkanes of at least 4 members (excludes halogenated alkanes) is 1. The van der Waals surface area contributed by atoms with E-state index in [0.717, 1.165) is 30.9 Å². The SMILES string of the molecule is Cc1nc2cc(/C=C/Cc3c(OCc4ccccc4)ccc(F)c3F)nn2c(N2CCC(C)(OCCCC[C@@H](C)O[Si](c3ccccc3)(c3ccccc3)C(C)(C)C)CC2)c1C(OC(C)(C)C)C(=O)O. The molecule has 2 aromatic heterocycles. The summed E-state index contributed by atoms with van der Waals surface area (Å²) in [5.41, 5.74) is 1.77. The van der Waals surface area contributed by atoms with Gasteiger partial charge in [0.15, 0.2) is 23.4 Å². The number of aryl methyl sites for hydroxylation is 1. The van der Waals surface area contributed by atoms with E-state index in [1.165, 1.54) is 16.4 Å². The molecule has 3 heterocycles. The molecule has 4 aromatic carbocycles. The third-order valence-corrected chi connectivity index (χ3v) is 18.3. The highest BCUT2D eigenvalue weighted by molar-refractivity contribution is 6.99. The molecule has 372 valence electrons. The molecule has 6 aromatic rings. The molecule has 1 fully saturated rings. The highest BCUT2D eigenvalue weighted by Gasteiger charge is 2.51. The molecule has 2 atom stereocenters. The average molecular weight is 973 g/mol. The van der Waals surface area contributed by atoms with Crippen molar-refractivity contribution in [1.29, 1.82) is 0 Å². The Morgan fingerprint density at radius 2 is 1.50 bits per heavy atom. The second kappa shape index (κ2) is 22.1. The molecule has 1 unspecified atom stereocenters. The highest BCUT2D eigenvalue weighted by Crippen LogP contribution is 2.40. The van der Waals surface area contributed by atoms with Crippen molar-refractivity contribution in [1.82, 2.24) is 14.6 Å². The van der Waals surface area contributed by atoms with Crippen molar-refractivity contribution in [2.45, 2.75) is 136 Å². The number of hydrogen-bond donors (Lipinski definition) is 1. The van der Waals surface area contributed by atoms with Crippen molar-refractivity contribution in [3.63, 3.8) is 0 Å². The first-order valence-corrected chi connectivity index (χ1v) is 26.5. The summed E-state index contributed by atoms with van der Waals surface area (Å²) in [6, 6.07) is 35.3. The number of aliphatic carboxylic acids is 1. The topological polar surface area (TPSA) is 108 Å². The molecule has 1 N–H and O–H groups in total. The first kappa shape index (κ1) is 52.1. The maximum Gasteiger partial charge on any atom is 0.337 e. The molecule has 70 heavy (non-hydrogen) atoms. The number of carbonyl (C=O) groups is 1. The van der Waals surface area contributed by atoms with Gasteiger partial charge in [-0.1, -0.05) is 118 Å². The summed E-state index contributed by atoms with van der Waals surface area (Å²) >= 11 is 0. The highest BCUT2D eigenvalue weighted by atomic mass is 28.4. The zero-order valence-electron chi connectivity index (χ0n) is 42.3. The van der Waals surface area contributed by atoms with Crippen LogP contribution in [0.5, 0.6) is 5.75 Å². The van der Waals surface area contributed by atoms with Gasteiger partial charge in [-0.15, -0.1) is 0 Å². The lowest BCUT2D eigenvalue weighted by Crippen LogP contribution is -2.67. The van der Waals surface area contributed by atoms with Gasteiger partial charge in [0, 0.05) is 43.1 Å². The Morgan fingerprint density at radius 3 is 2.09 bits per heavy atom. The first-order valence-electron chi connectivity index (χ1n) is 24.6. The summed E-state index contributed by atoms with van der Waals surface area (Å²) in [6.45, 7) is 20.5. The molecule has 10 nitrogen and oxygen atoms in total. The Hall–Kier alpha value is -5.73. The number of nitrogens with zero attached hydrogens (tertiary/aromatic N) is 4.